The van der Waals surface area contributed by atoms with E-state index in [1.807, 2.05) is 19.1 Å². The fraction of sp³-hybridized carbons (Fsp3) is 0.100. The molecular weight excluding hydrogens is 261 g/mol. The lowest BCUT2D eigenvalue weighted by Crippen LogP contribution is -1.88. The zero-order valence-corrected chi connectivity index (χ0v) is 9.60. The zero-order chi connectivity index (χ0) is 11.0. The smallest absolute Gasteiger partial charge is 0.192 e. The van der Waals surface area contributed by atoms with Crippen LogP contribution in [0.3, 0.4) is 0 Å². The van der Waals surface area contributed by atoms with E-state index < -0.39 is 5.82 Å². The van der Waals surface area contributed by atoms with Gasteiger partial charge in [-0.05, 0) is 28.4 Å². The number of nitrogens with zero attached hydrogens (tertiary/aromatic N) is 1. The van der Waals surface area contributed by atoms with Gasteiger partial charge in [0.2, 0.25) is 0 Å². The lowest BCUT2D eigenvalue weighted by molar-refractivity contribution is 0.636. The fourth-order valence-corrected chi connectivity index (χ4v) is 1.82. The van der Waals surface area contributed by atoms with Crippen LogP contribution >= 0.6 is 15.9 Å². The van der Waals surface area contributed by atoms with Crippen LogP contribution < -0.4 is 5.73 Å². The molecule has 0 aliphatic rings. The Morgan fingerprint density at radius 2 is 2.20 bits per heavy atom. The lowest BCUT2D eigenvalue weighted by Gasteiger charge is -2.04. The molecule has 0 atom stereocenters. The van der Waals surface area contributed by atoms with Crippen molar-refractivity contribution in [3.63, 3.8) is 0 Å². The second-order valence-corrected chi connectivity index (χ2v) is 4.03. The third-order valence-electron chi connectivity index (χ3n) is 2.19. The summed E-state index contributed by atoms with van der Waals surface area (Å²) in [5, 5.41) is 6.20. The van der Waals surface area contributed by atoms with Gasteiger partial charge in [0, 0.05) is 10.0 Å². The summed E-state index contributed by atoms with van der Waals surface area (Å²) in [6, 6.07) is 5.59. The van der Waals surface area contributed by atoms with Crippen LogP contribution in [0.15, 0.2) is 22.7 Å². The predicted molar refractivity (Wildman–Crippen MR) is 60.8 cm³/mol. The van der Waals surface area contributed by atoms with Crippen molar-refractivity contribution in [2.75, 3.05) is 5.73 Å². The standard InChI is InChI=1S/C10H9BrFN3/c1-5-3-2-4-6(7(5)11)9-8(12)10(13)15-14-9/h2-4H,1H3,(H3,13,14,15). The Kier molecular flexibility index (Phi) is 2.48. The summed E-state index contributed by atoms with van der Waals surface area (Å²) in [4.78, 5) is 0. The highest BCUT2D eigenvalue weighted by Gasteiger charge is 2.14. The van der Waals surface area contributed by atoms with Gasteiger partial charge in [0.15, 0.2) is 11.6 Å². The van der Waals surface area contributed by atoms with E-state index >= 15 is 0 Å². The second-order valence-electron chi connectivity index (χ2n) is 3.23. The summed E-state index contributed by atoms with van der Waals surface area (Å²) in [5.74, 6) is -0.625. The highest BCUT2D eigenvalue weighted by atomic mass is 79.9. The molecule has 1 aromatic carbocycles. The first-order valence-electron chi connectivity index (χ1n) is 4.36. The number of hydrogen-bond acceptors (Lipinski definition) is 2. The van der Waals surface area contributed by atoms with Gasteiger partial charge in [-0.3, -0.25) is 5.10 Å². The zero-order valence-electron chi connectivity index (χ0n) is 8.01. The second kappa shape index (κ2) is 3.66. The van der Waals surface area contributed by atoms with Crippen molar-refractivity contribution < 1.29 is 4.39 Å². The van der Waals surface area contributed by atoms with E-state index in [0.29, 0.717) is 5.69 Å². The van der Waals surface area contributed by atoms with Crippen molar-refractivity contribution in [3.05, 3.63) is 34.1 Å². The van der Waals surface area contributed by atoms with Crippen LogP contribution in [0.25, 0.3) is 11.3 Å². The minimum atomic E-state index is -0.513. The number of nitrogens with one attached hydrogen (secondary N) is 1. The molecular formula is C10H9BrFN3. The molecule has 15 heavy (non-hydrogen) atoms. The molecule has 0 aliphatic heterocycles. The van der Waals surface area contributed by atoms with Crippen molar-refractivity contribution in [2.45, 2.75) is 6.92 Å². The van der Waals surface area contributed by atoms with Crippen LogP contribution in [-0.2, 0) is 0 Å². The molecule has 2 rings (SSSR count). The molecule has 3 nitrogen and oxygen atoms in total. The number of halogens is 2. The molecule has 0 amide bonds. The van der Waals surface area contributed by atoms with Crippen molar-refractivity contribution in [1.29, 1.82) is 0 Å². The Bertz CT molecular complexity index is 507. The maximum Gasteiger partial charge on any atom is 0.192 e. The Hall–Kier alpha value is -1.36. The summed E-state index contributed by atoms with van der Waals surface area (Å²) < 4.78 is 14.4. The van der Waals surface area contributed by atoms with Crippen LogP contribution in [0.5, 0.6) is 0 Å². The molecule has 0 fully saturated rings. The number of H-pyrrole nitrogens is 1. The average molecular weight is 270 g/mol. The Morgan fingerprint density at radius 3 is 2.80 bits per heavy atom. The first-order chi connectivity index (χ1) is 7.11. The minimum Gasteiger partial charge on any atom is -0.380 e. The van der Waals surface area contributed by atoms with Crippen molar-refractivity contribution in [2.24, 2.45) is 0 Å². The number of aromatic amines is 1. The van der Waals surface area contributed by atoms with Crippen LogP contribution in [0.4, 0.5) is 10.2 Å². The molecule has 1 heterocycles. The lowest BCUT2D eigenvalue weighted by atomic mass is 10.1. The van der Waals surface area contributed by atoms with Gasteiger partial charge >= 0.3 is 0 Å². The van der Waals surface area contributed by atoms with Crippen molar-refractivity contribution in [1.82, 2.24) is 10.2 Å². The number of hydrogen-bond donors (Lipinski definition) is 2. The predicted octanol–water partition coefficient (Wildman–Crippen LogP) is 2.87. The van der Waals surface area contributed by atoms with Gasteiger partial charge < -0.3 is 5.73 Å². The Balaban J connectivity index is 2.64. The minimum absolute atomic E-state index is 0.113. The number of anilines is 1. The molecule has 0 saturated carbocycles. The summed E-state index contributed by atoms with van der Waals surface area (Å²) in [6.45, 7) is 1.94. The summed E-state index contributed by atoms with van der Waals surface area (Å²) in [7, 11) is 0. The number of rotatable bonds is 1. The number of aromatic nitrogens is 2. The van der Waals surface area contributed by atoms with Crippen molar-refractivity contribution in [3.8, 4) is 11.3 Å². The van der Waals surface area contributed by atoms with E-state index in [0.717, 1.165) is 15.6 Å². The van der Waals surface area contributed by atoms with Crippen LogP contribution in [0.1, 0.15) is 5.56 Å². The Labute approximate surface area is 94.6 Å². The molecule has 0 radical (unpaired) electrons. The van der Waals surface area contributed by atoms with E-state index in [1.54, 1.807) is 6.07 Å². The first-order valence-corrected chi connectivity index (χ1v) is 5.15. The number of benzene rings is 1. The van der Waals surface area contributed by atoms with Crippen LogP contribution in [0.2, 0.25) is 0 Å². The Morgan fingerprint density at radius 1 is 1.47 bits per heavy atom. The monoisotopic (exact) mass is 269 g/mol. The van der Waals surface area contributed by atoms with Gasteiger partial charge in [-0.1, -0.05) is 18.2 Å². The van der Waals surface area contributed by atoms with E-state index in [-0.39, 0.29) is 5.82 Å². The van der Waals surface area contributed by atoms with Gasteiger partial charge in [-0.15, -0.1) is 0 Å². The highest BCUT2D eigenvalue weighted by molar-refractivity contribution is 9.10. The third kappa shape index (κ3) is 1.63. The molecule has 0 saturated heterocycles. The van der Waals surface area contributed by atoms with E-state index in [9.17, 15) is 4.39 Å². The van der Waals surface area contributed by atoms with E-state index in [2.05, 4.69) is 26.1 Å². The van der Waals surface area contributed by atoms with E-state index in [1.165, 1.54) is 0 Å². The topological polar surface area (TPSA) is 54.7 Å². The van der Waals surface area contributed by atoms with E-state index in [4.69, 9.17) is 5.73 Å². The van der Waals surface area contributed by atoms with Crippen LogP contribution in [0, 0.1) is 12.7 Å². The summed E-state index contributed by atoms with van der Waals surface area (Å²) in [6.07, 6.45) is 0. The SMILES string of the molecule is Cc1cccc(-c2[nH]nc(N)c2F)c1Br. The summed E-state index contributed by atoms with van der Waals surface area (Å²) in [5.41, 5.74) is 7.39. The number of nitrogens with two attached hydrogens (primary N) is 1. The van der Waals surface area contributed by atoms with Gasteiger partial charge in [0.05, 0.1) is 0 Å². The summed E-state index contributed by atoms with van der Waals surface area (Å²) >= 11 is 3.41. The first kappa shape index (κ1) is 10.2. The number of nitrogen functional groups attached to an aromatic ring is 1. The van der Waals surface area contributed by atoms with Gasteiger partial charge in [0.1, 0.15) is 5.69 Å². The molecule has 3 N–H and O–H groups in total. The molecule has 2 aromatic rings. The average Bonchev–Trinajstić information content (AvgIpc) is 2.53. The van der Waals surface area contributed by atoms with Gasteiger partial charge in [-0.25, -0.2) is 4.39 Å². The van der Waals surface area contributed by atoms with Gasteiger partial charge in [-0.2, -0.15) is 5.10 Å². The third-order valence-corrected chi connectivity index (χ3v) is 3.25. The quantitative estimate of drug-likeness (QED) is 0.837. The molecule has 78 valence electrons. The molecule has 0 unspecified atom stereocenters. The molecule has 1 aromatic heterocycles. The normalized spacial score (nSPS) is 10.6. The molecule has 0 aliphatic carbocycles. The maximum absolute atomic E-state index is 13.5. The molecule has 0 bridgehead atoms. The van der Waals surface area contributed by atoms with Gasteiger partial charge in [0.25, 0.3) is 0 Å². The maximum atomic E-state index is 13.5. The largest absolute Gasteiger partial charge is 0.380 e. The fourth-order valence-electron chi connectivity index (χ4n) is 1.36. The number of aryl methyl sites for hydroxylation is 1. The van der Waals surface area contributed by atoms with Crippen molar-refractivity contribution >= 4 is 21.7 Å². The van der Waals surface area contributed by atoms with Crippen LogP contribution in [-0.4, -0.2) is 10.2 Å². The molecule has 5 heteroatoms. The molecule has 0 spiro atoms. The highest BCUT2D eigenvalue weighted by Crippen LogP contribution is 2.32.